The van der Waals surface area contributed by atoms with Crippen molar-refractivity contribution >= 4 is 105 Å². The summed E-state index contributed by atoms with van der Waals surface area (Å²) in [7, 11) is 2.13. The van der Waals surface area contributed by atoms with Crippen molar-refractivity contribution < 1.29 is 8.78 Å². The summed E-state index contributed by atoms with van der Waals surface area (Å²) in [5, 5.41) is -0.0429. The van der Waals surface area contributed by atoms with Crippen LogP contribution in [-0.2, 0) is 14.2 Å². The van der Waals surface area contributed by atoms with E-state index in [9.17, 15) is 4.21 Å². The van der Waals surface area contributed by atoms with Gasteiger partial charge in [-0.25, -0.2) is 9.13 Å². The Kier molecular flexibility index (Phi) is 9.61. The standard InChI is InChI=1S/C25H34Cl2I3N4OS/c1-4-32-21-11-7-6-10-20(21)31(3)24(32)12-8-13-25-33(5-2)22-16-18(26)19(27)17-23(22)34(25)14-9-15-36(28,29,30)35/h6-8,10-13,18-19,22-23H,4-5,9,14-17H2,1-3H3/q+1. The van der Waals surface area contributed by atoms with Crippen LogP contribution in [0.1, 0.15) is 38.9 Å². The second kappa shape index (κ2) is 11.7. The van der Waals surface area contributed by atoms with Crippen molar-refractivity contribution in [2.24, 2.45) is 7.05 Å². The third-order valence-electron chi connectivity index (χ3n) is 7.32. The molecule has 11 heteroatoms. The third-order valence-corrected chi connectivity index (χ3v) is 13.3. The van der Waals surface area contributed by atoms with Gasteiger partial charge in [-0.05, 0) is 51.3 Å². The Morgan fingerprint density at radius 3 is 2.31 bits per heavy atom. The molecule has 4 atom stereocenters. The lowest BCUT2D eigenvalue weighted by Gasteiger charge is -2.37. The maximum absolute atomic E-state index is 12.9. The molecule has 2 aliphatic rings. The molecule has 0 radical (unpaired) electrons. The lowest BCUT2D eigenvalue weighted by atomic mass is 9.89. The molecule has 0 bridgehead atoms. The number of aromatic nitrogens is 2. The summed E-state index contributed by atoms with van der Waals surface area (Å²) in [4.78, 5) is 5.00. The van der Waals surface area contributed by atoms with Gasteiger partial charge in [0.05, 0.1) is 36.4 Å². The first-order valence-electron chi connectivity index (χ1n) is 12.4. The molecule has 4 unspecified atom stereocenters. The van der Waals surface area contributed by atoms with Crippen LogP contribution in [-0.4, -0.2) is 60.3 Å². The fourth-order valence-corrected chi connectivity index (χ4v) is 9.68. The van der Waals surface area contributed by atoms with E-state index in [0.29, 0.717) is 17.8 Å². The van der Waals surface area contributed by atoms with Gasteiger partial charge in [-0.3, -0.25) is 4.21 Å². The van der Waals surface area contributed by atoms with Crippen LogP contribution in [0.15, 0.2) is 42.2 Å². The molecule has 2 aromatic rings. The first-order valence-corrected chi connectivity index (χ1v) is 23.0. The quantitative estimate of drug-likeness (QED) is 0.124. The number of halogens is 5. The van der Waals surface area contributed by atoms with E-state index in [1.807, 2.05) is 0 Å². The number of aryl methyl sites for hydroxylation is 2. The van der Waals surface area contributed by atoms with Crippen LogP contribution in [0.5, 0.6) is 0 Å². The van der Waals surface area contributed by atoms with Gasteiger partial charge in [0.25, 0.3) is 5.82 Å². The zero-order valence-electron chi connectivity index (χ0n) is 20.8. The normalized spacial score (nSPS) is 27.2. The molecular weight excluding hydrogens is 856 g/mol. The highest BCUT2D eigenvalue weighted by atomic mass is 127. The Bertz CT molecular complexity index is 1230. The Morgan fingerprint density at radius 2 is 1.69 bits per heavy atom. The molecular formula is C25H34Cl2I3N4OS+. The molecule has 0 spiro atoms. The molecule has 2 heterocycles. The van der Waals surface area contributed by atoms with Gasteiger partial charge in [0.2, 0.25) is 0 Å². The van der Waals surface area contributed by atoms with E-state index in [4.69, 9.17) is 23.2 Å². The summed E-state index contributed by atoms with van der Waals surface area (Å²) in [5.41, 5.74) is 2.47. The Morgan fingerprint density at radius 1 is 1.06 bits per heavy atom. The fourth-order valence-electron chi connectivity index (χ4n) is 5.73. The minimum atomic E-state index is -2.63. The summed E-state index contributed by atoms with van der Waals surface area (Å²) in [6.45, 7) is 7.09. The average molecular weight is 890 g/mol. The summed E-state index contributed by atoms with van der Waals surface area (Å²) in [6.07, 6.45) is 9.27. The number of likely N-dealkylation sites (N-methyl/N-ethyl adjacent to an activating group) is 1. The number of alkyl halides is 2. The van der Waals surface area contributed by atoms with Crippen LogP contribution in [0.3, 0.4) is 0 Å². The SMILES string of the molecule is CCN1C(=CC=Cc2n(CC)c3ccccc3[n+]2C)N(CCCS(=O)(I)(I)I)C2CC(Cl)C(Cl)CC21. The van der Waals surface area contributed by atoms with Crippen molar-refractivity contribution in [2.75, 3.05) is 18.8 Å². The van der Waals surface area contributed by atoms with E-state index in [-0.39, 0.29) is 10.8 Å². The van der Waals surface area contributed by atoms with Gasteiger partial charge in [0.15, 0.2) is 11.0 Å². The molecule has 5 nitrogen and oxygen atoms in total. The van der Waals surface area contributed by atoms with Gasteiger partial charge < -0.3 is 9.80 Å². The van der Waals surface area contributed by atoms with Gasteiger partial charge in [-0.15, -0.1) is 23.2 Å². The van der Waals surface area contributed by atoms with Crippen LogP contribution >= 0.6 is 86.8 Å². The second-order valence-electron chi connectivity index (χ2n) is 9.52. The number of allylic oxidation sites excluding steroid dienone is 2. The highest BCUT2D eigenvalue weighted by Crippen LogP contribution is 2.51. The monoisotopic (exact) mass is 889 g/mol. The summed E-state index contributed by atoms with van der Waals surface area (Å²) in [5.74, 6) is 3.08. The average Bonchev–Trinajstić information content (AvgIpc) is 3.24. The Hall–Kier alpha value is 0.690. The molecule has 1 saturated carbocycles. The van der Waals surface area contributed by atoms with E-state index < -0.39 is 0.580 Å². The maximum Gasteiger partial charge on any atom is 0.282 e. The summed E-state index contributed by atoms with van der Waals surface area (Å²) >= 11 is 19.7. The minimum Gasteiger partial charge on any atom is -0.353 e. The third kappa shape index (κ3) is 6.52. The van der Waals surface area contributed by atoms with E-state index in [2.05, 4.69) is 146 Å². The van der Waals surface area contributed by atoms with Crippen LogP contribution in [0.4, 0.5) is 0 Å². The Labute approximate surface area is 261 Å². The molecule has 1 aromatic heterocycles. The second-order valence-corrected chi connectivity index (χ2v) is 44.6. The minimum absolute atomic E-state index is 0.0144. The number of para-hydroxylation sites is 2. The molecule has 200 valence electrons. The maximum atomic E-state index is 12.9. The lowest BCUT2D eigenvalue weighted by molar-refractivity contribution is -0.647. The van der Waals surface area contributed by atoms with Gasteiger partial charge in [-0.1, -0.05) is 18.2 Å². The number of benzene rings is 1. The van der Waals surface area contributed by atoms with Crippen molar-refractivity contribution in [1.29, 1.82) is 0 Å². The highest BCUT2D eigenvalue weighted by Gasteiger charge is 2.47. The molecule has 36 heavy (non-hydrogen) atoms. The summed E-state index contributed by atoms with van der Waals surface area (Å²) < 4.78 is 14.9. The van der Waals surface area contributed by atoms with E-state index in [1.165, 1.54) is 22.7 Å². The smallest absolute Gasteiger partial charge is 0.282 e. The summed E-state index contributed by atoms with van der Waals surface area (Å²) in [6, 6.07) is 9.22. The molecule has 1 aliphatic heterocycles. The first-order chi connectivity index (χ1) is 16.9. The molecule has 0 amide bonds. The lowest BCUT2D eigenvalue weighted by Crippen LogP contribution is -2.47. The zero-order chi connectivity index (χ0) is 26.3. The number of hydrogen-bond donors (Lipinski definition) is 0. The van der Waals surface area contributed by atoms with Crippen LogP contribution in [0, 0.1) is 0 Å². The van der Waals surface area contributed by atoms with Crippen molar-refractivity contribution in [3.8, 4) is 0 Å². The number of imidazole rings is 1. The molecule has 1 aromatic carbocycles. The predicted octanol–water partition coefficient (Wildman–Crippen LogP) is 6.98. The highest BCUT2D eigenvalue weighted by molar-refractivity contribution is 14.5. The largest absolute Gasteiger partial charge is 0.353 e. The topological polar surface area (TPSA) is 32.4 Å². The fraction of sp³-hybridized carbons (Fsp3) is 0.560. The van der Waals surface area contributed by atoms with Crippen LogP contribution in [0.2, 0.25) is 0 Å². The van der Waals surface area contributed by atoms with Crippen molar-refractivity contribution in [3.63, 3.8) is 0 Å². The predicted molar refractivity (Wildman–Crippen MR) is 181 cm³/mol. The molecule has 4 rings (SSSR count). The van der Waals surface area contributed by atoms with Crippen molar-refractivity contribution in [2.45, 2.75) is 62.5 Å². The van der Waals surface area contributed by atoms with Gasteiger partial charge in [0.1, 0.15) is 5.82 Å². The first kappa shape index (κ1) is 29.7. The van der Waals surface area contributed by atoms with Crippen LogP contribution in [0.25, 0.3) is 17.1 Å². The molecule has 1 aliphatic carbocycles. The number of fused-ring (bicyclic) bond motifs is 2. The van der Waals surface area contributed by atoms with Gasteiger partial charge in [-0.2, -0.15) is 0 Å². The van der Waals surface area contributed by atoms with E-state index in [1.54, 1.807) is 0 Å². The van der Waals surface area contributed by atoms with E-state index in [0.717, 1.165) is 38.9 Å². The van der Waals surface area contributed by atoms with Crippen molar-refractivity contribution in [3.05, 3.63) is 48.1 Å². The number of nitrogens with zero attached hydrogens (tertiary/aromatic N) is 4. The number of rotatable bonds is 8. The molecule has 2 fully saturated rings. The molecule has 1 saturated heterocycles. The Balaban J connectivity index is 1.67. The van der Waals surface area contributed by atoms with Crippen LogP contribution < -0.4 is 4.57 Å². The zero-order valence-corrected chi connectivity index (χ0v) is 29.6. The van der Waals surface area contributed by atoms with Gasteiger partial charge in [0, 0.05) is 89.1 Å². The molecule has 0 N–H and O–H groups in total. The van der Waals surface area contributed by atoms with E-state index >= 15 is 0 Å². The van der Waals surface area contributed by atoms with Crippen molar-refractivity contribution in [1.82, 2.24) is 14.4 Å². The van der Waals surface area contributed by atoms with Gasteiger partial charge >= 0.3 is 0 Å². The number of hydrogen-bond acceptors (Lipinski definition) is 3.